The van der Waals surface area contributed by atoms with Gasteiger partial charge in [0.05, 0.1) is 0 Å². The Kier molecular flexibility index (Phi) is 3.53. The fourth-order valence-electron chi connectivity index (χ4n) is 2.60. The maximum Gasteiger partial charge on any atom is 0.125 e. The van der Waals surface area contributed by atoms with Gasteiger partial charge in [-0.05, 0) is 60.2 Å². The smallest absolute Gasteiger partial charge is 0.125 e. The summed E-state index contributed by atoms with van der Waals surface area (Å²) in [5.41, 5.74) is 8.88. The van der Waals surface area contributed by atoms with E-state index >= 15 is 0 Å². The van der Waals surface area contributed by atoms with Crippen molar-refractivity contribution in [2.75, 3.05) is 18.0 Å². The molecular formula is C15H17FN2S. The van der Waals surface area contributed by atoms with Gasteiger partial charge in [0.2, 0.25) is 0 Å². The minimum absolute atomic E-state index is 0.169. The molecule has 19 heavy (non-hydrogen) atoms. The zero-order chi connectivity index (χ0) is 13.2. The van der Waals surface area contributed by atoms with Gasteiger partial charge in [-0.3, -0.25) is 0 Å². The van der Waals surface area contributed by atoms with Gasteiger partial charge in [-0.25, -0.2) is 4.39 Å². The molecule has 1 aromatic carbocycles. The molecule has 0 aliphatic carbocycles. The molecule has 100 valence electrons. The molecule has 2 heterocycles. The van der Waals surface area contributed by atoms with Crippen LogP contribution in [0.5, 0.6) is 0 Å². The quantitative estimate of drug-likeness (QED) is 0.934. The maximum absolute atomic E-state index is 13.7. The Morgan fingerprint density at radius 3 is 3.05 bits per heavy atom. The number of benzene rings is 1. The van der Waals surface area contributed by atoms with Crippen molar-refractivity contribution in [1.82, 2.24) is 0 Å². The van der Waals surface area contributed by atoms with E-state index in [4.69, 9.17) is 5.73 Å². The second-order valence-corrected chi connectivity index (χ2v) is 5.90. The second kappa shape index (κ2) is 5.31. The third-order valence-electron chi connectivity index (χ3n) is 3.55. The molecule has 0 saturated heterocycles. The van der Waals surface area contributed by atoms with Crippen LogP contribution >= 0.6 is 11.3 Å². The number of hydrogen-bond donors (Lipinski definition) is 1. The number of thiophene rings is 1. The van der Waals surface area contributed by atoms with Gasteiger partial charge in [0.15, 0.2) is 0 Å². The molecule has 2 aromatic rings. The second-order valence-electron chi connectivity index (χ2n) is 4.90. The first-order valence-electron chi connectivity index (χ1n) is 6.56. The summed E-state index contributed by atoms with van der Waals surface area (Å²) in [6, 6.07) is 7.44. The lowest BCUT2D eigenvalue weighted by molar-refractivity contribution is 0.622. The van der Waals surface area contributed by atoms with Crippen LogP contribution in [0.1, 0.15) is 16.0 Å². The van der Waals surface area contributed by atoms with E-state index in [-0.39, 0.29) is 5.82 Å². The minimum Gasteiger partial charge on any atom is -0.367 e. The average molecular weight is 276 g/mol. The highest BCUT2D eigenvalue weighted by molar-refractivity contribution is 7.10. The van der Waals surface area contributed by atoms with Crippen LogP contribution < -0.4 is 10.6 Å². The highest BCUT2D eigenvalue weighted by atomic mass is 32.1. The monoisotopic (exact) mass is 276 g/mol. The van der Waals surface area contributed by atoms with Crippen LogP contribution in [0.2, 0.25) is 0 Å². The number of hydrogen-bond acceptors (Lipinski definition) is 3. The molecule has 1 aliphatic rings. The van der Waals surface area contributed by atoms with Crippen LogP contribution in [0, 0.1) is 5.82 Å². The van der Waals surface area contributed by atoms with Crippen molar-refractivity contribution in [1.29, 1.82) is 0 Å². The highest BCUT2D eigenvalue weighted by Crippen LogP contribution is 2.28. The van der Waals surface area contributed by atoms with E-state index in [0.717, 1.165) is 37.2 Å². The van der Waals surface area contributed by atoms with Crippen LogP contribution in [0.4, 0.5) is 10.1 Å². The minimum atomic E-state index is -0.169. The van der Waals surface area contributed by atoms with Crippen molar-refractivity contribution in [3.8, 4) is 0 Å². The summed E-state index contributed by atoms with van der Waals surface area (Å²) < 4.78 is 13.7. The maximum atomic E-state index is 13.7. The summed E-state index contributed by atoms with van der Waals surface area (Å²) in [5.74, 6) is -0.169. The number of rotatable bonds is 3. The Morgan fingerprint density at radius 2 is 2.21 bits per heavy atom. The van der Waals surface area contributed by atoms with Crippen LogP contribution in [-0.2, 0) is 19.4 Å². The standard InChI is InChI=1S/C15H17FN2S/c16-13-7-11(1-4-17)8-14(9-13)18-5-2-15-12(10-18)3-6-19-15/h3,6-9H,1-2,4-5,10,17H2. The first-order chi connectivity index (χ1) is 9.26. The molecule has 0 atom stereocenters. The predicted molar refractivity (Wildman–Crippen MR) is 78.2 cm³/mol. The summed E-state index contributed by atoms with van der Waals surface area (Å²) in [7, 11) is 0. The van der Waals surface area contributed by atoms with Crippen molar-refractivity contribution >= 4 is 17.0 Å². The summed E-state index contributed by atoms with van der Waals surface area (Å²) in [4.78, 5) is 3.72. The largest absolute Gasteiger partial charge is 0.367 e. The zero-order valence-electron chi connectivity index (χ0n) is 10.7. The predicted octanol–water partition coefficient (Wildman–Crippen LogP) is 2.95. The van der Waals surface area contributed by atoms with Crippen molar-refractivity contribution in [2.24, 2.45) is 5.73 Å². The lowest BCUT2D eigenvalue weighted by atomic mass is 10.1. The Morgan fingerprint density at radius 1 is 1.32 bits per heavy atom. The molecule has 0 saturated carbocycles. The third-order valence-corrected chi connectivity index (χ3v) is 4.57. The molecule has 0 fully saturated rings. The average Bonchev–Trinajstić information content (AvgIpc) is 2.85. The fourth-order valence-corrected chi connectivity index (χ4v) is 3.49. The summed E-state index contributed by atoms with van der Waals surface area (Å²) in [6.07, 6.45) is 1.78. The van der Waals surface area contributed by atoms with Gasteiger partial charge in [-0.15, -0.1) is 11.3 Å². The van der Waals surface area contributed by atoms with Crippen molar-refractivity contribution in [3.63, 3.8) is 0 Å². The number of nitrogens with zero attached hydrogens (tertiary/aromatic N) is 1. The van der Waals surface area contributed by atoms with Gasteiger partial charge in [-0.2, -0.15) is 0 Å². The molecule has 3 rings (SSSR count). The van der Waals surface area contributed by atoms with E-state index in [9.17, 15) is 4.39 Å². The van der Waals surface area contributed by atoms with Gasteiger partial charge in [0, 0.05) is 23.7 Å². The molecule has 2 N–H and O–H groups in total. The molecule has 1 aromatic heterocycles. The van der Waals surface area contributed by atoms with E-state index < -0.39 is 0 Å². The lowest BCUT2D eigenvalue weighted by Gasteiger charge is -2.29. The normalized spacial score (nSPS) is 14.5. The van der Waals surface area contributed by atoms with E-state index in [2.05, 4.69) is 22.4 Å². The molecule has 0 amide bonds. The van der Waals surface area contributed by atoms with Crippen LogP contribution in [0.3, 0.4) is 0 Å². The Balaban J connectivity index is 1.87. The third kappa shape index (κ3) is 2.65. The van der Waals surface area contributed by atoms with Gasteiger partial charge < -0.3 is 10.6 Å². The van der Waals surface area contributed by atoms with Crippen molar-refractivity contribution in [3.05, 3.63) is 51.5 Å². The summed E-state index contributed by atoms with van der Waals surface area (Å²) in [6.45, 7) is 2.39. The molecule has 0 unspecified atom stereocenters. The first-order valence-corrected chi connectivity index (χ1v) is 7.44. The SMILES string of the molecule is NCCc1cc(F)cc(N2CCc3sccc3C2)c1. The van der Waals surface area contributed by atoms with Gasteiger partial charge >= 0.3 is 0 Å². The Hall–Kier alpha value is -1.39. The fraction of sp³-hybridized carbons (Fsp3) is 0.333. The van der Waals surface area contributed by atoms with E-state index in [1.807, 2.05) is 11.3 Å². The molecule has 1 aliphatic heterocycles. The van der Waals surface area contributed by atoms with E-state index in [1.54, 1.807) is 12.1 Å². The van der Waals surface area contributed by atoms with Gasteiger partial charge in [-0.1, -0.05) is 0 Å². The van der Waals surface area contributed by atoms with Crippen molar-refractivity contribution in [2.45, 2.75) is 19.4 Å². The van der Waals surface area contributed by atoms with Crippen molar-refractivity contribution < 1.29 is 4.39 Å². The number of fused-ring (bicyclic) bond motifs is 1. The van der Waals surface area contributed by atoms with E-state index in [1.165, 1.54) is 10.4 Å². The molecular weight excluding hydrogens is 259 g/mol. The molecule has 2 nitrogen and oxygen atoms in total. The summed E-state index contributed by atoms with van der Waals surface area (Å²) >= 11 is 1.82. The number of halogens is 1. The highest BCUT2D eigenvalue weighted by Gasteiger charge is 2.18. The number of anilines is 1. The molecule has 0 radical (unpaired) electrons. The lowest BCUT2D eigenvalue weighted by Crippen LogP contribution is -2.29. The summed E-state index contributed by atoms with van der Waals surface area (Å²) in [5, 5.41) is 2.14. The zero-order valence-corrected chi connectivity index (χ0v) is 11.5. The van der Waals surface area contributed by atoms with E-state index in [0.29, 0.717) is 6.54 Å². The molecule has 0 bridgehead atoms. The van der Waals surface area contributed by atoms with Gasteiger partial charge in [0.1, 0.15) is 5.82 Å². The van der Waals surface area contributed by atoms with Crippen LogP contribution in [0.25, 0.3) is 0 Å². The van der Waals surface area contributed by atoms with Gasteiger partial charge in [0.25, 0.3) is 0 Å². The topological polar surface area (TPSA) is 29.3 Å². The Labute approximate surface area is 116 Å². The first kappa shape index (κ1) is 12.6. The Bertz CT molecular complexity index is 579. The van der Waals surface area contributed by atoms with Crippen LogP contribution in [-0.4, -0.2) is 13.1 Å². The van der Waals surface area contributed by atoms with Crippen LogP contribution in [0.15, 0.2) is 29.6 Å². The molecule has 4 heteroatoms. The number of nitrogens with two attached hydrogens (primary N) is 1. The molecule has 0 spiro atoms.